The van der Waals surface area contributed by atoms with Crippen molar-refractivity contribution in [2.75, 3.05) is 6.61 Å². The fraction of sp³-hybridized carbons (Fsp3) is 0.455. The third-order valence-corrected chi connectivity index (χ3v) is 3.78. The maximum atomic E-state index is 6.31. The SMILES string of the molecule is CCCCOc1ccc(CC(OC(C)(C)C)c2ccccc2)cc1. The molecule has 2 aromatic rings. The molecule has 2 aromatic carbocycles. The molecule has 0 spiro atoms. The number of hydrogen-bond donors (Lipinski definition) is 0. The van der Waals surface area contributed by atoms with E-state index in [2.05, 4.69) is 76.2 Å². The van der Waals surface area contributed by atoms with Gasteiger partial charge in [-0.15, -0.1) is 0 Å². The van der Waals surface area contributed by atoms with Gasteiger partial charge in [-0.2, -0.15) is 0 Å². The predicted octanol–water partition coefficient (Wildman–Crippen LogP) is 5.96. The van der Waals surface area contributed by atoms with Crippen molar-refractivity contribution in [3.05, 3.63) is 65.7 Å². The average Bonchev–Trinajstić information content (AvgIpc) is 2.56. The Hall–Kier alpha value is -1.80. The highest BCUT2D eigenvalue weighted by atomic mass is 16.5. The van der Waals surface area contributed by atoms with Gasteiger partial charge >= 0.3 is 0 Å². The Labute approximate surface area is 146 Å². The van der Waals surface area contributed by atoms with Crippen molar-refractivity contribution in [1.29, 1.82) is 0 Å². The van der Waals surface area contributed by atoms with Crippen LogP contribution >= 0.6 is 0 Å². The summed E-state index contributed by atoms with van der Waals surface area (Å²) >= 11 is 0. The third kappa shape index (κ3) is 6.37. The van der Waals surface area contributed by atoms with E-state index >= 15 is 0 Å². The molecule has 0 N–H and O–H groups in total. The summed E-state index contributed by atoms with van der Waals surface area (Å²) in [5.41, 5.74) is 2.30. The maximum absolute atomic E-state index is 6.31. The second-order valence-corrected chi connectivity index (χ2v) is 7.18. The molecule has 1 atom stereocenters. The van der Waals surface area contributed by atoms with E-state index in [1.807, 2.05) is 6.07 Å². The number of hydrogen-bond acceptors (Lipinski definition) is 2. The molecule has 0 amide bonds. The van der Waals surface area contributed by atoms with Gasteiger partial charge in [0.1, 0.15) is 5.75 Å². The van der Waals surface area contributed by atoms with Crippen molar-refractivity contribution in [3.63, 3.8) is 0 Å². The molecule has 0 radical (unpaired) electrons. The van der Waals surface area contributed by atoms with E-state index in [-0.39, 0.29) is 11.7 Å². The Kier molecular flexibility index (Phi) is 6.86. The van der Waals surface area contributed by atoms with E-state index in [0.717, 1.165) is 31.6 Å². The lowest BCUT2D eigenvalue weighted by Crippen LogP contribution is -2.24. The second kappa shape index (κ2) is 8.89. The van der Waals surface area contributed by atoms with Gasteiger partial charge in [0.2, 0.25) is 0 Å². The lowest BCUT2D eigenvalue weighted by atomic mass is 10.00. The van der Waals surface area contributed by atoms with E-state index in [0.29, 0.717) is 0 Å². The van der Waals surface area contributed by atoms with Crippen molar-refractivity contribution >= 4 is 0 Å². The normalized spacial score (nSPS) is 12.8. The molecule has 2 rings (SSSR count). The number of benzene rings is 2. The van der Waals surface area contributed by atoms with Crippen LogP contribution in [0.25, 0.3) is 0 Å². The van der Waals surface area contributed by atoms with Crippen molar-refractivity contribution in [1.82, 2.24) is 0 Å². The molecule has 130 valence electrons. The van der Waals surface area contributed by atoms with Gasteiger partial charge in [0.05, 0.1) is 18.3 Å². The van der Waals surface area contributed by atoms with Crippen LogP contribution in [0.4, 0.5) is 0 Å². The molecule has 0 aliphatic heterocycles. The molecule has 1 unspecified atom stereocenters. The zero-order chi connectivity index (χ0) is 17.4. The maximum Gasteiger partial charge on any atom is 0.119 e. The largest absolute Gasteiger partial charge is 0.494 e. The first-order valence-corrected chi connectivity index (χ1v) is 8.92. The van der Waals surface area contributed by atoms with Gasteiger partial charge in [-0.05, 0) is 50.5 Å². The van der Waals surface area contributed by atoms with Crippen LogP contribution in [0.1, 0.15) is 57.8 Å². The number of unbranched alkanes of at least 4 members (excludes halogenated alkanes) is 1. The summed E-state index contributed by atoms with van der Waals surface area (Å²) in [5.74, 6) is 0.945. The monoisotopic (exact) mass is 326 g/mol. The second-order valence-electron chi connectivity index (χ2n) is 7.18. The van der Waals surface area contributed by atoms with Crippen molar-refractivity contribution < 1.29 is 9.47 Å². The first-order valence-electron chi connectivity index (χ1n) is 8.92. The van der Waals surface area contributed by atoms with Crippen LogP contribution in [-0.2, 0) is 11.2 Å². The van der Waals surface area contributed by atoms with Gasteiger partial charge in [0, 0.05) is 6.42 Å². The molecule has 0 aliphatic carbocycles. The first kappa shape index (κ1) is 18.5. The summed E-state index contributed by atoms with van der Waals surface area (Å²) in [4.78, 5) is 0. The predicted molar refractivity (Wildman–Crippen MR) is 101 cm³/mol. The zero-order valence-electron chi connectivity index (χ0n) is 15.4. The molecule has 0 aliphatic rings. The fourth-order valence-corrected chi connectivity index (χ4v) is 2.59. The summed E-state index contributed by atoms with van der Waals surface area (Å²) in [5, 5.41) is 0. The summed E-state index contributed by atoms with van der Waals surface area (Å²) in [6, 6.07) is 18.9. The van der Waals surface area contributed by atoms with E-state index in [1.165, 1.54) is 11.1 Å². The summed E-state index contributed by atoms with van der Waals surface area (Å²) in [6.07, 6.45) is 3.16. The molecule has 0 saturated carbocycles. The van der Waals surface area contributed by atoms with Crippen LogP contribution in [0.3, 0.4) is 0 Å². The Morgan fingerprint density at radius 1 is 0.917 bits per heavy atom. The smallest absolute Gasteiger partial charge is 0.119 e. The molecular formula is C22H30O2. The molecule has 2 heteroatoms. The van der Waals surface area contributed by atoms with Crippen LogP contribution in [-0.4, -0.2) is 12.2 Å². The van der Waals surface area contributed by atoms with E-state index in [4.69, 9.17) is 9.47 Å². The van der Waals surface area contributed by atoms with Crippen LogP contribution in [0.2, 0.25) is 0 Å². The van der Waals surface area contributed by atoms with Crippen LogP contribution in [0.5, 0.6) is 5.75 Å². The minimum atomic E-state index is -0.177. The van der Waals surface area contributed by atoms with Gasteiger partial charge in [0.25, 0.3) is 0 Å². The van der Waals surface area contributed by atoms with Gasteiger partial charge in [-0.25, -0.2) is 0 Å². The van der Waals surface area contributed by atoms with E-state index in [1.54, 1.807) is 0 Å². The van der Waals surface area contributed by atoms with Gasteiger partial charge < -0.3 is 9.47 Å². The molecular weight excluding hydrogens is 296 g/mol. The molecule has 0 saturated heterocycles. The topological polar surface area (TPSA) is 18.5 Å². The summed E-state index contributed by atoms with van der Waals surface area (Å²) in [7, 11) is 0. The number of ether oxygens (including phenoxy) is 2. The minimum absolute atomic E-state index is 0.0538. The first-order chi connectivity index (χ1) is 11.5. The highest BCUT2D eigenvalue weighted by Gasteiger charge is 2.20. The fourth-order valence-electron chi connectivity index (χ4n) is 2.59. The highest BCUT2D eigenvalue weighted by molar-refractivity contribution is 5.29. The number of rotatable bonds is 8. The average molecular weight is 326 g/mol. The molecule has 0 aromatic heterocycles. The third-order valence-electron chi connectivity index (χ3n) is 3.78. The van der Waals surface area contributed by atoms with Gasteiger partial charge in [0.15, 0.2) is 0 Å². The van der Waals surface area contributed by atoms with Gasteiger partial charge in [-0.3, -0.25) is 0 Å². The highest BCUT2D eigenvalue weighted by Crippen LogP contribution is 2.28. The molecule has 0 bridgehead atoms. The molecule has 0 heterocycles. The standard InChI is InChI=1S/C22H30O2/c1-5-6-16-23-20-14-12-18(13-15-20)17-21(24-22(2,3)4)19-10-8-7-9-11-19/h7-15,21H,5-6,16-17H2,1-4H3. The van der Waals surface area contributed by atoms with E-state index in [9.17, 15) is 0 Å². The van der Waals surface area contributed by atoms with Crippen molar-refractivity contribution in [3.8, 4) is 5.75 Å². The van der Waals surface area contributed by atoms with E-state index < -0.39 is 0 Å². The summed E-state index contributed by atoms with van der Waals surface area (Å²) in [6.45, 7) is 9.27. The quantitative estimate of drug-likeness (QED) is 0.557. The van der Waals surface area contributed by atoms with Crippen LogP contribution in [0.15, 0.2) is 54.6 Å². The van der Waals surface area contributed by atoms with Crippen LogP contribution < -0.4 is 4.74 Å². The minimum Gasteiger partial charge on any atom is -0.494 e. The van der Waals surface area contributed by atoms with Gasteiger partial charge in [-0.1, -0.05) is 55.8 Å². The Morgan fingerprint density at radius 3 is 2.17 bits per heavy atom. The molecule has 2 nitrogen and oxygen atoms in total. The Bertz CT molecular complexity index is 582. The Morgan fingerprint density at radius 2 is 1.58 bits per heavy atom. The molecule has 24 heavy (non-hydrogen) atoms. The van der Waals surface area contributed by atoms with Crippen molar-refractivity contribution in [2.24, 2.45) is 0 Å². The van der Waals surface area contributed by atoms with Crippen LogP contribution in [0, 0.1) is 0 Å². The molecule has 0 fully saturated rings. The summed E-state index contributed by atoms with van der Waals surface area (Å²) < 4.78 is 12.0. The lowest BCUT2D eigenvalue weighted by molar-refractivity contribution is -0.0613. The zero-order valence-corrected chi connectivity index (χ0v) is 15.4. The Balaban J connectivity index is 2.06. The lowest BCUT2D eigenvalue weighted by Gasteiger charge is -2.28. The van der Waals surface area contributed by atoms with Crippen molar-refractivity contribution in [2.45, 2.75) is 58.7 Å².